The second-order valence-corrected chi connectivity index (χ2v) is 9.16. The summed E-state index contributed by atoms with van der Waals surface area (Å²) in [5.41, 5.74) is 4.18. The van der Waals surface area contributed by atoms with Gasteiger partial charge in [0.15, 0.2) is 0 Å². The van der Waals surface area contributed by atoms with Crippen molar-refractivity contribution in [1.29, 1.82) is 0 Å². The zero-order valence-corrected chi connectivity index (χ0v) is 18.0. The van der Waals surface area contributed by atoms with Crippen LogP contribution in [0.4, 0.5) is 0 Å². The van der Waals surface area contributed by atoms with Gasteiger partial charge in [0.05, 0.1) is 23.8 Å². The first-order valence-electron chi connectivity index (χ1n) is 9.75. The van der Waals surface area contributed by atoms with Crippen molar-refractivity contribution in [3.63, 3.8) is 0 Å². The SMILES string of the molecule is CC(C)(C)c1ccc(O)c(-c2cncc(-c3cccc(Sc4ccccn4)c3)n2)c1. The summed E-state index contributed by atoms with van der Waals surface area (Å²) in [6.45, 7) is 6.45. The lowest BCUT2D eigenvalue weighted by molar-refractivity contribution is 0.476. The zero-order valence-electron chi connectivity index (χ0n) is 17.2. The minimum Gasteiger partial charge on any atom is -0.507 e. The molecule has 0 amide bonds. The molecule has 0 aliphatic heterocycles. The van der Waals surface area contributed by atoms with Crippen LogP contribution in [0.1, 0.15) is 26.3 Å². The number of phenolic OH excluding ortho intramolecular Hbond substituents is 1. The number of pyridine rings is 1. The van der Waals surface area contributed by atoms with E-state index in [0.717, 1.165) is 26.7 Å². The first-order valence-corrected chi connectivity index (χ1v) is 10.6. The van der Waals surface area contributed by atoms with Gasteiger partial charge < -0.3 is 5.11 Å². The highest BCUT2D eigenvalue weighted by Crippen LogP contribution is 2.34. The summed E-state index contributed by atoms with van der Waals surface area (Å²) >= 11 is 1.60. The van der Waals surface area contributed by atoms with E-state index in [2.05, 4.69) is 42.9 Å². The Hall–Kier alpha value is -3.18. The molecule has 2 aromatic heterocycles. The van der Waals surface area contributed by atoms with Crippen molar-refractivity contribution in [2.75, 3.05) is 0 Å². The Balaban J connectivity index is 1.69. The number of aromatic nitrogens is 3. The van der Waals surface area contributed by atoms with Gasteiger partial charge in [0.1, 0.15) is 10.8 Å². The fourth-order valence-electron chi connectivity index (χ4n) is 3.09. The first-order chi connectivity index (χ1) is 14.4. The number of hydrogen-bond acceptors (Lipinski definition) is 5. The molecule has 0 spiro atoms. The van der Waals surface area contributed by atoms with Crippen molar-refractivity contribution in [1.82, 2.24) is 15.0 Å². The van der Waals surface area contributed by atoms with Crippen LogP contribution in [0.15, 0.2) is 89.2 Å². The molecular formula is C25H23N3OS. The van der Waals surface area contributed by atoms with Crippen molar-refractivity contribution >= 4 is 11.8 Å². The van der Waals surface area contributed by atoms with Crippen LogP contribution in [0.25, 0.3) is 22.5 Å². The van der Waals surface area contributed by atoms with Gasteiger partial charge in [-0.25, -0.2) is 9.97 Å². The van der Waals surface area contributed by atoms with Gasteiger partial charge in [-0.2, -0.15) is 0 Å². The smallest absolute Gasteiger partial charge is 0.125 e. The van der Waals surface area contributed by atoms with Crippen molar-refractivity contribution in [3.8, 4) is 28.3 Å². The van der Waals surface area contributed by atoms with E-state index >= 15 is 0 Å². The summed E-state index contributed by atoms with van der Waals surface area (Å²) in [5, 5.41) is 11.4. The number of rotatable bonds is 4. The van der Waals surface area contributed by atoms with Crippen LogP contribution >= 0.6 is 11.8 Å². The Bertz CT molecular complexity index is 1170. The molecule has 0 saturated heterocycles. The third-order valence-electron chi connectivity index (χ3n) is 4.76. The lowest BCUT2D eigenvalue weighted by atomic mass is 9.85. The Kier molecular flexibility index (Phi) is 5.55. The van der Waals surface area contributed by atoms with E-state index in [0.29, 0.717) is 11.3 Å². The number of benzene rings is 2. The Morgan fingerprint density at radius 2 is 1.70 bits per heavy atom. The van der Waals surface area contributed by atoms with Crippen LogP contribution < -0.4 is 0 Å². The predicted molar refractivity (Wildman–Crippen MR) is 122 cm³/mol. The summed E-state index contributed by atoms with van der Waals surface area (Å²) in [5.74, 6) is 0.203. The largest absolute Gasteiger partial charge is 0.507 e. The summed E-state index contributed by atoms with van der Waals surface area (Å²) in [6, 6.07) is 19.7. The fraction of sp³-hybridized carbons (Fsp3) is 0.160. The minimum atomic E-state index is -0.0233. The van der Waals surface area contributed by atoms with Gasteiger partial charge in [0.2, 0.25) is 0 Å². The molecule has 4 rings (SSSR count). The van der Waals surface area contributed by atoms with E-state index in [1.807, 2.05) is 42.5 Å². The molecule has 0 fully saturated rings. The molecule has 30 heavy (non-hydrogen) atoms. The van der Waals surface area contributed by atoms with Crippen molar-refractivity contribution in [2.24, 2.45) is 0 Å². The number of nitrogens with zero attached hydrogens (tertiary/aromatic N) is 3. The normalized spacial score (nSPS) is 11.4. The molecular weight excluding hydrogens is 390 g/mol. The van der Waals surface area contributed by atoms with Gasteiger partial charge in [0.25, 0.3) is 0 Å². The van der Waals surface area contributed by atoms with Gasteiger partial charge in [-0.3, -0.25) is 4.98 Å². The molecule has 2 heterocycles. The highest BCUT2D eigenvalue weighted by atomic mass is 32.2. The van der Waals surface area contributed by atoms with Gasteiger partial charge in [-0.1, -0.05) is 56.8 Å². The van der Waals surface area contributed by atoms with Crippen LogP contribution in [-0.4, -0.2) is 20.1 Å². The molecule has 0 saturated carbocycles. The summed E-state index contributed by atoms with van der Waals surface area (Å²) < 4.78 is 0. The summed E-state index contributed by atoms with van der Waals surface area (Å²) in [6.07, 6.45) is 5.23. The van der Waals surface area contributed by atoms with Gasteiger partial charge in [0, 0.05) is 22.2 Å². The van der Waals surface area contributed by atoms with Crippen LogP contribution in [0, 0.1) is 0 Å². The van der Waals surface area contributed by atoms with Crippen LogP contribution in [0.5, 0.6) is 5.75 Å². The van der Waals surface area contributed by atoms with Crippen LogP contribution in [0.3, 0.4) is 0 Å². The third kappa shape index (κ3) is 4.52. The number of aromatic hydroxyl groups is 1. The van der Waals surface area contributed by atoms with E-state index in [4.69, 9.17) is 4.98 Å². The van der Waals surface area contributed by atoms with Gasteiger partial charge in [-0.15, -0.1) is 0 Å². The molecule has 2 aromatic carbocycles. The van der Waals surface area contributed by atoms with E-state index < -0.39 is 0 Å². The molecule has 0 atom stereocenters. The second kappa shape index (κ2) is 8.28. The molecule has 0 bridgehead atoms. The standard InChI is InChI=1S/C25H23N3OS/c1-25(2,3)18-10-11-23(29)20(14-18)22-16-26-15-21(28-22)17-7-6-8-19(13-17)30-24-9-4-5-12-27-24/h4-16,29H,1-3H3. The second-order valence-electron chi connectivity index (χ2n) is 8.07. The summed E-state index contributed by atoms with van der Waals surface area (Å²) in [4.78, 5) is 14.6. The van der Waals surface area contributed by atoms with Crippen molar-refractivity contribution < 1.29 is 5.11 Å². The maximum Gasteiger partial charge on any atom is 0.125 e. The molecule has 4 aromatic rings. The molecule has 0 radical (unpaired) electrons. The molecule has 150 valence electrons. The fourth-order valence-corrected chi connectivity index (χ4v) is 3.92. The van der Waals surface area contributed by atoms with Gasteiger partial charge in [-0.05, 0) is 47.4 Å². The third-order valence-corrected chi connectivity index (χ3v) is 5.70. The molecule has 5 heteroatoms. The minimum absolute atomic E-state index is 0.0233. The number of phenols is 1. The van der Waals surface area contributed by atoms with E-state index in [-0.39, 0.29) is 11.2 Å². The lowest BCUT2D eigenvalue weighted by Crippen LogP contribution is -2.10. The summed E-state index contributed by atoms with van der Waals surface area (Å²) in [7, 11) is 0. The van der Waals surface area contributed by atoms with Crippen molar-refractivity contribution in [3.05, 3.63) is 84.8 Å². The zero-order chi connectivity index (χ0) is 21.1. The first kappa shape index (κ1) is 20.1. The predicted octanol–water partition coefficient (Wildman–Crippen LogP) is 6.36. The van der Waals surface area contributed by atoms with E-state index in [1.54, 1.807) is 36.4 Å². The van der Waals surface area contributed by atoms with E-state index in [1.165, 1.54) is 0 Å². The highest BCUT2D eigenvalue weighted by molar-refractivity contribution is 7.99. The maximum atomic E-state index is 10.4. The Labute approximate surface area is 181 Å². The number of hydrogen-bond donors (Lipinski definition) is 1. The quantitative estimate of drug-likeness (QED) is 0.422. The molecule has 0 aliphatic rings. The highest BCUT2D eigenvalue weighted by Gasteiger charge is 2.17. The van der Waals surface area contributed by atoms with Crippen LogP contribution in [0.2, 0.25) is 0 Å². The average molecular weight is 414 g/mol. The molecule has 4 nitrogen and oxygen atoms in total. The molecule has 0 aliphatic carbocycles. The van der Waals surface area contributed by atoms with Crippen molar-refractivity contribution in [2.45, 2.75) is 36.1 Å². The topological polar surface area (TPSA) is 58.9 Å². The Morgan fingerprint density at radius 1 is 0.867 bits per heavy atom. The molecule has 1 N–H and O–H groups in total. The van der Waals surface area contributed by atoms with Crippen LogP contribution in [-0.2, 0) is 5.41 Å². The average Bonchev–Trinajstić information content (AvgIpc) is 2.74. The lowest BCUT2D eigenvalue weighted by Gasteiger charge is -2.20. The van der Waals surface area contributed by atoms with Gasteiger partial charge >= 0.3 is 0 Å². The monoisotopic (exact) mass is 413 g/mol. The molecule has 0 unspecified atom stereocenters. The Morgan fingerprint density at radius 3 is 2.47 bits per heavy atom. The maximum absolute atomic E-state index is 10.4. The van der Waals surface area contributed by atoms with E-state index in [9.17, 15) is 5.11 Å².